The van der Waals surface area contributed by atoms with E-state index >= 15 is 0 Å². The van der Waals surface area contributed by atoms with Gasteiger partial charge in [0.05, 0.1) is 22.2 Å². The number of amides is 1. The number of carbonyl (C=O) groups excluding carboxylic acids is 1. The predicted octanol–water partition coefficient (Wildman–Crippen LogP) is 5.05. The molecule has 6 nitrogen and oxygen atoms in total. The fraction of sp³-hybridized carbons (Fsp3) is 0.391. The summed E-state index contributed by atoms with van der Waals surface area (Å²) in [6, 6.07) is 8.74. The quantitative estimate of drug-likeness (QED) is 0.499. The van der Waals surface area contributed by atoms with Gasteiger partial charge in [-0.2, -0.15) is 0 Å². The van der Waals surface area contributed by atoms with Crippen molar-refractivity contribution in [3.05, 3.63) is 63.4 Å². The van der Waals surface area contributed by atoms with E-state index in [1.807, 2.05) is 19.1 Å². The second kappa shape index (κ2) is 8.60. The van der Waals surface area contributed by atoms with Crippen LogP contribution < -0.4 is 0 Å². The van der Waals surface area contributed by atoms with Gasteiger partial charge in [-0.1, -0.05) is 36.2 Å². The molecule has 1 saturated carbocycles. The Balaban J connectivity index is 1.50. The molecule has 2 heterocycles. The number of nitrogens with one attached hydrogen (secondary N) is 2. The number of piperazine rings is 1. The molecule has 2 fully saturated rings. The van der Waals surface area contributed by atoms with Crippen molar-refractivity contribution in [1.29, 1.82) is 10.8 Å². The SMILES string of the molecule is C[C@H]1CN(C(=N)c2cc([C@H]3C[C@@H](C)C3)ccn2)C(=N)CN1C(=O)c1cccc(Cl)c1Cl. The van der Waals surface area contributed by atoms with Crippen LogP contribution in [-0.4, -0.2) is 51.5 Å². The van der Waals surface area contributed by atoms with Crippen LogP contribution in [0.2, 0.25) is 10.0 Å². The molecule has 162 valence electrons. The monoisotopic (exact) mass is 457 g/mol. The van der Waals surface area contributed by atoms with Crippen LogP contribution in [0.4, 0.5) is 0 Å². The molecule has 1 aliphatic carbocycles. The molecule has 31 heavy (non-hydrogen) atoms. The maximum Gasteiger partial charge on any atom is 0.256 e. The lowest BCUT2D eigenvalue weighted by Gasteiger charge is -2.41. The van der Waals surface area contributed by atoms with Gasteiger partial charge in [-0.25, -0.2) is 0 Å². The zero-order chi connectivity index (χ0) is 22.3. The molecule has 0 bridgehead atoms. The molecule has 1 saturated heterocycles. The highest BCUT2D eigenvalue weighted by Crippen LogP contribution is 2.41. The van der Waals surface area contributed by atoms with Crippen molar-refractivity contribution in [1.82, 2.24) is 14.8 Å². The number of halogens is 2. The number of nitrogens with zero attached hydrogens (tertiary/aromatic N) is 3. The fourth-order valence-corrected chi connectivity index (χ4v) is 4.72. The number of amidine groups is 2. The molecule has 0 spiro atoms. The molecule has 1 aromatic carbocycles. The van der Waals surface area contributed by atoms with Crippen LogP contribution in [0.15, 0.2) is 36.5 Å². The first-order chi connectivity index (χ1) is 14.8. The van der Waals surface area contributed by atoms with Gasteiger partial charge in [0.25, 0.3) is 5.91 Å². The third-order valence-corrected chi connectivity index (χ3v) is 7.03. The van der Waals surface area contributed by atoms with Crippen molar-refractivity contribution in [2.45, 2.75) is 38.6 Å². The number of hydrogen-bond donors (Lipinski definition) is 2. The molecular formula is C23H25Cl2N5O. The average molecular weight is 458 g/mol. The molecule has 2 N–H and O–H groups in total. The van der Waals surface area contributed by atoms with E-state index in [-0.39, 0.29) is 35.2 Å². The molecule has 1 amide bonds. The number of rotatable bonds is 3. The summed E-state index contributed by atoms with van der Waals surface area (Å²) in [5, 5.41) is 17.7. The highest BCUT2D eigenvalue weighted by atomic mass is 35.5. The number of aromatic nitrogens is 1. The molecule has 1 aromatic heterocycles. The summed E-state index contributed by atoms with van der Waals surface area (Å²) in [5.41, 5.74) is 2.09. The Morgan fingerprint density at radius 1 is 1.19 bits per heavy atom. The minimum absolute atomic E-state index is 0.0883. The lowest BCUT2D eigenvalue weighted by molar-refractivity contribution is 0.0683. The van der Waals surface area contributed by atoms with Crippen molar-refractivity contribution in [2.75, 3.05) is 13.1 Å². The third-order valence-electron chi connectivity index (χ3n) is 6.21. The molecule has 8 heteroatoms. The topological polar surface area (TPSA) is 84.1 Å². The van der Waals surface area contributed by atoms with E-state index in [0.29, 0.717) is 28.7 Å². The summed E-state index contributed by atoms with van der Waals surface area (Å²) >= 11 is 12.3. The molecule has 0 unspecified atom stereocenters. The summed E-state index contributed by atoms with van der Waals surface area (Å²) in [4.78, 5) is 20.7. The van der Waals surface area contributed by atoms with Gasteiger partial charge in [0.2, 0.25) is 0 Å². The van der Waals surface area contributed by atoms with Gasteiger partial charge in [0.15, 0.2) is 5.84 Å². The van der Waals surface area contributed by atoms with Crippen molar-refractivity contribution in [3.8, 4) is 0 Å². The summed E-state index contributed by atoms with van der Waals surface area (Å²) in [7, 11) is 0. The van der Waals surface area contributed by atoms with Crippen molar-refractivity contribution in [3.63, 3.8) is 0 Å². The minimum atomic E-state index is -0.268. The van der Waals surface area contributed by atoms with Crippen LogP contribution in [0.3, 0.4) is 0 Å². The van der Waals surface area contributed by atoms with E-state index in [1.165, 1.54) is 5.56 Å². The van der Waals surface area contributed by atoms with Crippen molar-refractivity contribution < 1.29 is 4.79 Å². The highest BCUT2D eigenvalue weighted by molar-refractivity contribution is 6.43. The van der Waals surface area contributed by atoms with Crippen LogP contribution in [0.5, 0.6) is 0 Å². The third kappa shape index (κ3) is 4.19. The Hall–Kier alpha value is -2.44. The second-order valence-electron chi connectivity index (χ2n) is 8.54. The molecule has 1 atom stereocenters. The van der Waals surface area contributed by atoms with Gasteiger partial charge in [-0.05, 0) is 61.4 Å². The Morgan fingerprint density at radius 3 is 2.65 bits per heavy atom. The maximum absolute atomic E-state index is 13.1. The van der Waals surface area contributed by atoms with E-state index in [9.17, 15) is 4.79 Å². The van der Waals surface area contributed by atoms with E-state index in [4.69, 9.17) is 34.0 Å². The van der Waals surface area contributed by atoms with E-state index in [1.54, 1.807) is 34.2 Å². The van der Waals surface area contributed by atoms with Gasteiger partial charge < -0.3 is 9.80 Å². The molecule has 4 rings (SSSR count). The van der Waals surface area contributed by atoms with Gasteiger partial charge in [-0.15, -0.1) is 0 Å². The van der Waals surface area contributed by atoms with Crippen LogP contribution in [0.25, 0.3) is 0 Å². The van der Waals surface area contributed by atoms with Gasteiger partial charge in [0, 0.05) is 18.8 Å². The van der Waals surface area contributed by atoms with E-state index in [2.05, 4.69) is 11.9 Å². The predicted molar refractivity (Wildman–Crippen MR) is 124 cm³/mol. The van der Waals surface area contributed by atoms with E-state index < -0.39 is 0 Å². The largest absolute Gasteiger partial charge is 0.327 e. The lowest BCUT2D eigenvalue weighted by atomic mass is 9.72. The zero-order valence-corrected chi connectivity index (χ0v) is 19.0. The first-order valence-corrected chi connectivity index (χ1v) is 11.2. The average Bonchev–Trinajstić information content (AvgIpc) is 2.74. The van der Waals surface area contributed by atoms with E-state index in [0.717, 1.165) is 18.8 Å². The standard InChI is InChI=1S/C23H25Cl2N5O/c1-13-8-16(9-13)15-6-7-28-19(10-15)22(27)30-11-14(2)29(12-20(30)26)23(31)17-4-3-5-18(24)21(17)25/h3-7,10,13-14,16,26-27H,8-9,11-12H2,1-2H3/t13-,14-,16+/m0/s1. The van der Waals surface area contributed by atoms with Crippen molar-refractivity contribution in [2.24, 2.45) is 5.92 Å². The summed E-state index contributed by atoms with van der Waals surface area (Å²) in [6.45, 7) is 4.59. The highest BCUT2D eigenvalue weighted by Gasteiger charge is 2.34. The minimum Gasteiger partial charge on any atom is -0.327 e. The lowest BCUT2D eigenvalue weighted by Crippen LogP contribution is -2.58. The Bertz CT molecular complexity index is 1050. The Kier molecular flexibility index (Phi) is 6.04. The smallest absolute Gasteiger partial charge is 0.256 e. The van der Waals surface area contributed by atoms with Crippen LogP contribution >= 0.6 is 23.2 Å². The first-order valence-electron chi connectivity index (χ1n) is 10.4. The van der Waals surface area contributed by atoms with Gasteiger partial charge >= 0.3 is 0 Å². The molecule has 2 aromatic rings. The first kappa shape index (κ1) is 21.8. The second-order valence-corrected chi connectivity index (χ2v) is 9.32. The molecule has 2 aliphatic rings. The fourth-order valence-electron chi connectivity index (χ4n) is 4.34. The van der Waals surface area contributed by atoms with Gasteiger partial charge in [-0.3, -0.25) is 20.6 Å². The van der Waals surface area contributed by atoms with Gasteiger partial charge in [0.1, 0.15) is 11.5 Å². The zero-order valence-electron chi connectivity index (χ0n) is 17.5. The van der Waals surface area contributed by atoms with Crippen LogP contribution in [0, 0.1) is 16.7 Å². The molecular weight excluding hydrogens is 433 g/mol. The van der Waals surface area contributed by atoms with Crippen LogP contribution in [0.1, 0.15) is 54.2 Å². The number of benzene rings is 1. The van der Waals surface area contributed by atoms with Crippen molar-refractivity contribution >= 4 is 40.8 Å². The Labute approximate surface area is 192 Å². The van der Waals surface area contributed by atoms with Crippen LogP contribution in [-0.2, 0) is 0 Å². The normalized spacial score (nSPS) is 23.5. The maximum atomic E-state index is 13.1. The number of hydrogen-bond acceptors (Lipinski definition) is 4. The summed E-state index contributed by atoms with van der Waals surface area (Å²) in [5.74, 6) is 1.38. The molecule has 0 radical (unpaired) electrons. The number of carbonyl (C=O) groups is 1. The molecule has 1 aliphatic heterocycles. The summed E-state index contributed by atoms with van der Waals surface area (Å²) in [6.07, 6.45) is 4.07. The number of pyridine rings is 1. The Morgan fingerprint density at radius 2 is 1.94 bits per heavy atom. The summed E-state index contributed by atoms with van der Waals surface area (Å²) < 4.78 is 0.